The maximum atomic E-state index is 12.0. The molecule has 3 aromatic rings. The Morgan fingerprint density at radius 2 is 2.00 bits per heavy atom. The quantitative estimate of drug-likeness (QED) is 0.688. The van der Waals surface area contributed by atoms with Crippen molar-refractivity contribution in [2.75, 3.05) is 5.32 Å². The molecule has 0 fully saturated rings. The van der Waals surface area contributed by atoms with Crippen molar-refractivity contribution < 1.29 is 4.79 Å². The Bertz CT molecular complexity index is 716. The molecule has 0 unspecified atom stereocenters. The summed E-state index contributed by atoms with van der Waals surface area (Å²) in [6.45, 7) is 0. The molecule has 2 heterocycles. The van der Waals surface area contributed by atoms with Gasteiger partial charge in [-0.1, -0.05) is 12.1 Å². The number of hydrogen-bond donors (Lipinski definition) is 3. The number of rotatable bonds is 3. The Morgan fingerprint density at radius 1 is 1.20 bits per heavy atom. The van der Waals surface area contributed by atoms with Crippen LogP contribution in [0, 0.1) is 0 Å². The summed E-state index contributed by atoms with van der Waals surface area (Å²) in [6, 6.07) is 9.29. The summed E-state index contributed by atoms with van der Waals surface area (Å²) in [4.78, 5) is 21.9. The van der Waals surface area contributed by atoms with E-state index in [0.717, 1.165) is 21.4 Å². The number of hydrogen-bond acceptors (Lipinski definition) is 2. The molecule has 2 aromatic heterocycles. The van der Waals surface area contributed by atoms with Crippen LogP contribution in [0.25, 0.3) is 11.3 Å². The van der Waals surface area contributed by atoms with E-state index in [1.54, 1.807) is 24.8 Å². The van der Waals surface area contributed by atoms with E-state index in [1.165, 1.54) is 0 Å². The Hall–Kier alpha value is -2.34. The van der Waals surface area contributed by atoms with Crippen LogP contribution in [0.1, 0.15) is 10.5 Å². The number of carbonyl (C=O) groups is 1. The van der Waals surface area contributed by atoms with Crippen LogP contribution in [0.3, 0.4) is 0 Å². The normalized spacial score (nSPS) is 10.4. The molecule has 1 amide bonds. The van der Waals surface area contributed by atoms with E-state index in [-0.39, 0.29) is 5.91 Å². The molecule has 5 nitrogen and oxygen atoms in total. The molecule has 0 aliphatic rings. The summed E-state index contributed by atoms with van der Waals surface area (Å²) in [7, 11) is 0. The van der Waals surface area contributed by atoms with Crippen molar-refractivity contribution in [3.63, 3.8) is 0 Å². The van der Waals surface area contributed by atoms with Gasteiger partial charge in [-0.25, -0.2) is 4.98 Å². The first-order valence-electron chi connectivity index (χ1n) is 5.96. The van der Waals surface area contributed by atoms with Crippen molar-refractivity contribution >= 4 is 27.5 Å². The highest BCUT2D eigenvalue weighted by molar-refractivity contribution is 9.10. The molecule has 100 valence electrons. The molecule has 3 N–H and O–H groups in total. The molecule has 0 radical (unpaired) electrons. The van der Waals surface area contributed by atoms with Gasteiger partial charge >= 0.3 is 0 Å². The molecule has 20 heavy (non-hydrogen) atoms. The van der Waals surface area contributed by atoms with Crippen molar-refractivity contribution in [1.82, 2.24) is 15.0 Å². The second-order valence-electron chi connectivity index (χ2n) is 4.23. The maximum Gasteiger partial charge on any atom is 0.272 e. The zero-order chi connectivity index (χ0) is 13.9. The van der Waals surface area contributed by atoms with Crippen molar-refractivity contribution in [2.24, 2.45) is 0 Å². The van der Waals surface area contributed by atoms with Crippen LogP contribution in [0.15, 0.2) is 53.5 Å². The fraction of sp³-hybridized carbons (Fsp3) is 0. The average molecular weight is 331 g/mol. The monoisotopic (exact) mass is 330 g/mol. The molecule has 6 heteroatoms. The lowest BCUT2D eigenvalue weighted by atomic mass is 10.1. The summed E-state index contributed by atoms with van der Waals surface area (Å²) in [5.41, 5.74) is 3.21. The van der Waals surface area contributed by atoms with Gasteiger partial charge in [0.15, 0.2) is 0 Å². The molecule has 0 bridgehead atoms. The average Bonchev–Trinajstić information content (AvgIpc) is 3.10. The molecule has 3 rings (SSSR count). The third-order valence-electron chi connectivity index (χ3n) is 2.84. The van der Waals surface area contributed by atoms with Gasteiger partial charge in [0.2, 0.25) is 0 Å². The molecule has 0 aliphatic heterocycles. The van der Waals surface area contributed by atoms with Gasteiger partial charge in [-0.2, -0.15) is 0 Å². The molecule has 0 saturated carbocycles. The Labute approximate surface area is 123 Å². The molecule has 0 atom stereocenters. The lowest BCUT2D eigenvalue weighted by Crippen LogP contribution is -2.11. The molecule has 0 saturated heterocycles. The topological polar surface area (TPSA) is 73.6 Å². The minimum absolute atomic E-state index is 0.176. The molecular formula is C14H11BrN4O. The first kappa shape index (κ1) is 12.7. The van der Waals surface area contributed by atoms with Crippen LogP contribution >= 0.6 is 15.9 Å². The number of H-pyrrole nitrogens is 2. The molecule has 1 aromatic carbocycles. The van der Waals surface area contributed by atoms with Crippen molar-refractivity contribution in [3.05, 3.63) is 59.2 Å². The van der Waals surface area contributed by atoms with Gasteiger partial charge < -0.3 is 15.3 Å². The van der Waals surface area contributed by atoms with E-state index in [4.69, 9.17) is 0 Å². The van der Waals surface area contributed by atoms with E-state index >= 15 is 0 Å². The molecule has 0 aliphatic carbocycles. The van der Waals surface area contributed by atoms with E-state index in [0.29, 0.717) is 5.69 Å². The predicted molar refractivity (Wildman–Crippen MR) is 80.5 cm³/mol. The summed E-state index contributed by atoms with van der Waals surface area (Å²) >= 11 is 3.30. The first-order chi connectivity index (χ1) is 9.72. The second-order valence-corrected chi connectivity index (χ2v) is 5.14. The maximum absolute atomic E-state index is 12.0. The minimum Gasteiger partial charge on any atom is -0.356 e. The Morgan fingerprint density at radius 3 is 2.60 bits per heavy atom. The van der Waals surface area contributed by atoms with E-state index < -0.39 is 0 Å². The van der Waals surface area contributed by atoms with Crippen LogP contribution in [0.4, 0.5) is 5.69 Å². The van der Waals surface area contributed by atoms with Gasteiger partial charge in [0, 0.05) is 16.4 Å². The van der Waals surface area contributed by atoms with Crippen molar-refractivity contribution in [1.29, 1.82) is 0 Å². The number of anilines is 1. The number of aromatic amines is 2. The van der Waals surface area contributed by atoms with Crippen LogP contribution < -0.4 is 5.32 Å². The summed E-state index contributed by atoms with van der Waals surface area (Å²) in [6.07, 6.45) is 5.11. The molecule has 0 spiro atoms. The summed E-state index contributed by atoms with van der Waals surface area (Å²) in [5, 5.41) is 2.83. The van der Waals surface area contributed by atoms with Gasteiger partial charge in [-0.15, -0.1) is 0 Å². The number of aromatic nitrogens is 3. The van der Waals surface area contributed by atoms with Gasteiger partial charge in [0.1, 0.15) is 5.69 Å². The number of benzene rings is 1. The number of nitrogens with zero attached hydrogens (tertiary/aromatic N) is 1. The van der Waals surface area contributed by atoms with E-state index in [1.807, 2.05) is 24.3 Å². The second kappa shape index (κ2) is 5.34. The van der Waals surface area contributed by atoms with E-state index in [2.05, 4.69) is 36.2 Å². The lowest BCUT2D eigenvalue weighted by Gasteiger charge is -2.04. The fourth-order valence-electron chi connectivity index (χ4n) is 1.84. The SMILES string of the molecule is O=C(Nc1ccc(-c2cnc[nH]2)cc1)c1cc(Br)c[nH]1. The van der Waals surface area contributed by atoms with Gasteiger partial charge in [-0.3, -0.25) is 4.79 Å². The zero-order valence-electron chi connectivity index (χ0n) is 10.4. The van der Waals surface area contributed by atoms with Crippen molar-refractivity contribution in [2.45, 2.75) is 0 Å². The van der Waals surface area contributed by atoms with Crippen LogP contribution in [0.5, 0.6) is 0 Å². The fourth-order valence-corrected chi connectivity index (χ4v) is 2.19. The minimum atomic E-state index is -0.176. The number of amides is 1. The Balaban J connectivity index is 1.74. The van der Waals surface area contributed by atoms with Crippen LogP contribution in [-0.2, 0) is 0 Å². The van der Waals surface area contributed by atoms with Gasteiger partial charge in [0.05, 0.1) is 18.2 Å². The first-order valence-corrected chi connectivity index (χ1v) is 6.76. The summed E-state index contributed by atoms with van der Waals surface area (Å²) < 4.78 is 0.845. The largest absolute Gasteiger partial charge is 0.356 e. The van der Waals surface area contributed by atoms with Crippen LogP contribution in [-0.4, -0.2) is 20.9 Å². The number of imidazole rings is 1. The van der Waals surface area contributed by atoms with Gasteiger partial charge in [-0.05, 0) is 39.7 Å². The predicted octanol–water partition coefficient (Wildman–Crippen LogP) is 3.42. The smallest absolute Gasteiger partial charge is 0.272 e. The highest BCUT2D eigenvalue weighted by Gasteiger charge is 2.08. The molecular weight excluding hydrogens is 320 g/mol. The third kappa shape index (κ3) is 2.65. The lowest BCUT2D eigenvalue weighted by molar-refractivity contribution is 0.102. The van der Waals surface area contributed by atoms with Gasteiger partial charge in [0.25, 0.3) is 5.91 Å². The zero-order valence-corrected chi connectivity index (χ0v) is 11.9. The third-order valence-corrected chi connectivity index (χ3v) is 3.30. The van der Waals surface area contributed by atoms with Crippen molar-refractivity contribution in [3.8, 4) is 11.3 Å². The Kier molecular flexibility index (Phi) is 3.39. The summed E-state index contributed by atoms with van der Waals surface area (Å²) in [5.74, 6) is -0.176. The number of nitrogens with one attached hydrogen (secondary N) is 3. The van der Waals surface area contributed by atoms with Crippen LogP contribution in [0.2, 0.25) is 0 Å². The van der Waals surface area contributed by atoms with E-state index in [9.17, 15) is 4.79 Å². The number of halogens is 1. The highest BCUT2D eigenvalue weighted by atomic mass is 79.9. The standard InChI is InChI=1S/C14H11BrN4O/c15-10-5-12(17-6-10)14(20)19-11-3-1-9(2-4-11)13-7-16-8-18-13/h1-8,17H,(H,16,18)(H,19,20). The number of carbonyl (C=O) groups excluding carboxylic acids is 1. The highest BCUT2D eigenvalue weighted by Crippen LogP contribution is 2.19.